The molecule has 0 saturated heterocycles. The van der Waals surface area contributed by atoms with Crippen LogP contribution in [0, 0.1) is 11.6 Å². The number of carbonyl (C=O) groups is 1. The first-order valence-electron chi connectivity index (χ1n) is 5.30. The summed E-state index contributed by atoms with van der Waals surface area (Å²) in [4.78, 5) is 11.9. The van der Waals surface area contributed by atoms with Crippen molar-refractivity contribution >= 4 is 17.4 Å². The van der Waals surface area contributed by atoms with Gasteiger partial charge in [-0.05, 0) is 23.8 Å². The normalized spacial score (nSPS) is 10.4. The van der Waals surface area contributed by atoms with Crippen LogP contribution in [0.2, 0.25) is 5.02 Å². The third-order valence-corrected chi connectivity index (χ3v) is 2.93. The summed E-state index contributed by atoms with van der Waals surface area (Å²) in [6, 6.07) is 10.3. The van der Waals surface area contributed by atoms with Crippen molar-refractivity contribution in [1.29, 1.82) is 0 Å². The Labute approximate surface area is 108 Å². The van der Waals surface area contributed by atoms with Crippen molar-refractivity contribution < 1.29 is 13.6 Å². The molecular weight excluding hydrogens is 258 g/mol. The van der Waals surface area contributed by atoms with Gasteiger partial charge in [-0.1, -0.05) is 35.9 Å². The lowest BCUT2D eigenvalue weighted by Gasteiger charge is -2.05. The van der Waals surface area contributed by atoms with Gasteiger partial charge in [-0.25, -0.2) is 8.78 Å². The van der Waals surface area contributed by atoms with Crippen LogP contribution in [0.25, 0.3) is 0 Å². The van der Waals surface area contributed by atoms with Gasteiger partial charge in [-0.3, -0.25) is 4.79 Å². The second-order valence-electron chi connectivity index (χ2n) is 3.79. The molecule has 1 nitrogen and oxygen atoms in total. The topological polar surface area (TPSA) is 17.1 Å². The first kappa shape index (κ1) is 12.7. The van der Waals surface area contributed by atoms with Gasteiger partial charge in [0.15, 0.2) is 17.4 Å². The second-order valence-corrected chi connectivity index (χ2v) is 4.20. The number of hydrogen-bond donors (Lipinski definition) is 0. The van der Waals surface area contributed by atoms with E-state index in [1.54, 1.807) is 24.3 Å². The van der Waals surface area contributed by atoms with E-state index in [0.717, 1.165) is 6.07 Å². The fourth-order valence-corrected chi connectivity index (χ4v) is 1.83. The third-order valence-electron chi connectivity index (χ3n) is 2.56. The highest BCUT2D eigenvalue weighted by atomic mass is 35.5. The summed E-state index contributed by atoms with van der Waals surface area (Å²) in [6.45, 7) is 0. The van der Waals surface area contributed by atoms with Crippen LogP contribution in [0.15, 0.2) is 42.5 Å². The summed E-state index contributed by atoms with van der Waals surface area (Å²) in [7, 11) is 0. The van der Waals surface area contributed by atoms with E-state index in [-0.39, 0.29) is 12.0 Å². The van der Waals surface area contributed by atoms with Crippen molar-refractivity contribution in [3.63, 3.8) is 0 Å². The third kappa shape index (κ3) is 2.57. The first-order valence-corrected chi connectivity index (χ1v) is 5.68. The minimum atomic E-state index is -1.12. The molecule has 0 spiro atoms. The van der Waals surface area contributed by atoms with Crippen LogP contribution in [-0.4, -0.2) is 5.78 Å². The van der Waals surface area contributed by atoms with Gasteiger partial charge in [0.25, 0.3) is 0 Å². The largest absolute Gasteiger partial charge is 0.294 e. The number of rotatable bonds is 3. The van der Waals surface area contributed by atoms with E-state index in [0.29, 0.717) is 10.6 Å². The molecule has 92 valence electrons. The molecule has 18 heavy (non-hydrogen) atoms. The predicted molar refractivity (Wildman–Crippen MR) is 65.8 cm³/mol. The Kier molecular flexibility index (Phi) is 3.72. The Bertz CT molecular complexity index is 596. The second kappa shape index (κ2) is 5.27. The zero-order chi connectivity index (χ0) is 13.1. The number of carbonyl (C=O) groups excluding carboxylic acids is 1. The molecule has 0 radical (unpaired) electrons. The first-order chi connectivity index (χ1) is 8.59. The summed E-state index contributed by atoms with van der Waals surface area (Å²) in [5.41, 5.74) is 0.336. The molecule has 0 saturated carbocycles. The van der Waals surface area contributed by atoms with E-state index in [1.165, 1.54) is 12.1 Å². The van der Waals surface area contributed by atoms with E-state index in [9.17, 15) is 13.6 Å². The van der Waals surface area contributed by atoms with Crippen LogP contribution >= 0.6 is 11.6 Å². The zero-order valence-corrected chi connectivity index (χ0v) is 10.0. The molecule has 2 aromatic rings. The van der Waals surface area contributed by atoms with Crippen molar-refractivity contribution in [3.8, 4) is 0 Å². The minimum Gasteiger partial charge on any atom is -0.294 e. The summed E-state index contributed by atoms with van der Waals surface area (Å²) < 4.78 is 26.4. The molecule has 2 aromatic carbocycles. The molecule has 0 bridgehead atoms. The van der Waals surface area contributed by atoms with Crippen LogP contribution in [0.5, 0.6) is 0 Å². The Morgan fingerprint density at radius 2 is 1.78 bits per heavy atom. The van der Waals surface area contributed by atoms with Gasteiger partial charge < -0.3 is 0 Å². The van der Waals surface area contributed by atoms with E-state index >= 15 is 0 Å². The molecule has 2 rings (SSSR count). The van der Waals surface area contributed by atoms with Crippen LogP contribution in [0.3, 0.4) is 0 Å². The molecule has 0 aromatic heterocycles. The number of hydrogen-bond acceptors (Lipinski definition) is 1. The van der Waals surface area contributed by atoms with Gasteiger partial charge >= 0.3 is 0 Å². The lowest BCUT2D eigenvalue weighted by atomic mass is 10.0. The fraction of sp³-hybridized carbons (Fsp3) is 0.0714. The maximum Gasteiger partial charge on any atom is 0.170 e. The fourth-order valence-electron chi connectivity index (χ4n) is 1.63. The maximum atomic E-state index is 13.4. The van der Waals surface area contributed by atoms with Crippen molar-refractivity contribution in [2.24, 2.45) is 0 Å². The highest BCUT2D eigenvalue weighted by Gasteiger charge is 2.16. The van der Waals surface area contributed by atoms with Gasteiger partial charge in [-0.15, -0.1) is 0 Å². The monoisotopic (exact) mass is 266 g/mol. The summed E-state index contributed by atoms with van der Waals surface area (Å²) >= 11 is 5.91. The van der Waals surface area contributed by atoms with E-state index in [2.05, 4.69) is 0 Å². The zero-order valence-electron chi connectivity index (χ0n) is 9.29. The van der Waals surface area contributed by atoms with Gasteiger partial charge in [0, 0.05) is 11.4 Å². The highest BCUT2D eigenvalue weighted by molar-refractivity contribution is 6.31. The summed E-state index contributed by atoms with van der Waals surface area (Å²) in [5.74, 6) is -2.64. The van der Waals surface area contributed by atoms with E-state index in [1.807, 2.05) is 0 Å². The molecule has 0 aliphatic rings. The Morgan fingerprint density at radius 1 is 1.06 bits per heavy atom. The summed E-state index contributed by atoms with van der Waals surface area (Å²) in [6.07, 6.45) is -0.0555. The standard InChI is InChI=1S/C14H9ClF2O/c15-11-6-2-1-4-9(11)8-13(18)10-5-3-7-12(16)14(10)17/h1-7H,8H2. The molecule has 0 N–H and O–H groups in total. The number of ketones is 1. The molecule has 0 aliphatic heterocycles. The Balaban J connectivity index is 2.28. The van der Waals surface area contributed by atoms with Crippen LogP contribution in [0.1, 0.15) is 15.9 Å². The Morgan fingerprint density at radius 3 is 2.50 bits per heavy atom. The number of halogens is 3. The van der Waals surface area contributed by atoms with Crippen molar-refractivity contribution in [2.45, 2.75) is 6.42 Å². The molecule has 0 aliphatic carbocycles. The molecule has 0 amide bonds. The smallest absolute Gasteiger partial charge is 0.170 e. The number of benzene rings is 2. The quantitative estimate of drug-likeness (QED) is 0.766. The van der Waals surface area contributed by atoms with Crippen LogP contribution in [-0.2, 0) is 6.42 Å². The lowest BCUT2D eigenvalue weighted by Crippen LogP contribution is -2.07. The van der Waals surface area contributed by atoms with E-state index < -0.39 is 17.4 Å². The average molecular weight is 267 g/mol. The predicted octanol–water partition coefficient (Wildman–Crippen LogP) is 4.04. The van der Waals surface area contributed by atoms with Gasteiger partial charge in [0.1, 0.15) is 0 Å². The molecule has 0 fully saturated rings. The minimum absolute atomic E-state index is 0.0555. The summed E-state index contributed by atoms with van der Waals surface area (Å²) in [5, 5.41) is 0.433. The van der Waals surface area contributed by atoms with Crippen molar-refractivity contribution in [2.75, 3.05) is 0 Å². The number of Topliss-reactive ketones (excluding diaryl/α,β-unsaturated/α-hetero) is 1. The van der Waals surface area contributed by atoms with Crippen LogP contribution in [0.4, 0.5) is 8.78 Å². The SMILES string of the molecule is O=C(Cc1ccccc1Cl)c1cccc(F)c1F. The molecular formula is C14H9ClF2O. The van der Waals surface area contributed by atoms with Gasteiger partial charge in [-0.2, -0.15) is 0 Å². The molecule has 0 unspecified atom stereocenters. The molecule has 0 atom stereocenters. The van der Waals surface area contributed by atoms with Crippen molar-refractivity contribution in [1.82, 2.24) is 0 Å². The molecule has 0 heterocycles. The Hall–Kier alpha value is -1.74. The van der Waals surface area contributed by atoms with Crippen LogP contribution < -0.4 is 0 Å². The lowest BCUT2D eigenvalue weighted by molar-refractivity contribution is 0.0988. The molecule has 4 heteroatoms. The average Bonchev–Trinajstić information content (AvgIpc) is 2.35. The van der Waals surface area contributed by atoms with E-state index in [4.69, 9.17) is 11.6 Å². The van der Waals surface area contributed by atoms with Crippen molar-refractivity contribution in [3.05, 3.63) is 70.2 Å². The maximum absolute atomic E-state index is 13.4. The van der Waals surface area contributed by atoms with Gasteiger partial charge in [0.05, 0.1) is 5.56 Å². The van der Waals surface area contributed by atoms with Gasteiger partial charge in [0.2, 0.25) is 0 Å². The highest BCUT2D eigenvalue weighted by Crippen LogP contribution is 2.19.